The van der Waals surface area contributed by atoms with E-state index in [-0.39, 0.29) is 12.2 Å². The van der Waals surface area contributed by atoms with Gasteiger partial charge in [-0.2, -0.15) is 0 Å². The molecule has 6 rings (SSSR count). The highest BCUT2D eigenvalue weighted by molar-refractivity contribution is 7.07. The summed E-state index contributed by atoms with van der Waals surface area (Å²) in [6.07, 6.45) is 1.95. The SMILES string of the molecule is CCOC(=O)C1=C(C)N=c2s/c(=C/c3c(-c4ccccc4)[nH]c4ccccc34)c(=O)n2[C@@H]1c1ccc(C(C)C)cc1. The fourth-order valence-corrected chi connectivity index (χ4v) is 6.48. The molecule has 0 unspecified atom stereocenters. The molecule has 41 heavy (non-hydrogen) atoms. The van der Waals surface area contributed by atoms with Crippen LogP contribution >= 0.6 is 11.3 Å². The van der Waals surface area contributed by atoms with Crippen LogP contribution in [0.25, 0.3) is 28.2 Å². The molecule has 6 nitrogen and oxygen atoms in total. The Morgan fingerprint density at radius 2 is 1.76 bits per heavy atom. The van der Waals surface area contributed by atoms with Gasteiger partial charge in [-0.05, 0) is 48.6 Å². The van der Waals surface area contributed by atoms with Gasteiger partial charge in [0.1, 0.15) is 0 Å². The molecule has 0 aliphatic carbocycles. The second-order valence-electron chi connectivity index (χ2n) is 10.4. The molecule has 0 saturated heterocycles. The quantitative estimate of drug-likeness (QED) is 0.256. The molecule has 1 atom stereocenters. The number of benzene rings is 3. The number of allylic oxidation sites excluding steroid dienone is 1. The predicted molar refractivity (Wildman–Crippen MR) is 165 cm³/mol. The Labute approximate surface area is 242 Å². The fourth-order valence-electron chi connectivity index (χ4n) is 5.45. The lowest BCUT2D eigenvalue weighted by Crippen LogP contribution is -2.39. The lowest BCUT2D eigenvalue weighted by atomic mass is 9.93. The molecule has 3 aromatic carbocycles. The Bertz CT molecular complexity index is 1980. The summed E-state index contributed by atoms with van der Waals surface area (Å²) in [7, 11) is 0. The van der Waals surface area contributed by atoms with Gasteiger partial charge in [-0.15, -0.1) is 0 Å². The number of aromatic nitrogens is 2. The first-order chi connectivity index (χ1) is 19.9. The first kappa shape index (κ1) is 26.7. The number of hydrogen-bond donors (Lipinski definition) is 1. The Hall–Kier alpha value is -4.49. The molecule has 1 aliphatic rings. The van der Waals surface area contributed by atoms with Crippen molar-refractivity contribution < 1.29 is 9.53 Å². The maximum absolute atomic E-state index is 14.2. The lowest BCUT2D eigenvalue weighted by molar-refractivity contribution is -0.139. The van der Waals surface area contributed by atoms with Gasteiger partial charge in [0.2, 0.25) is 0 Å². The third kappa shape index (κ3) is 4.76. The number of nitrogens with zero attached hydrogens (tertiary/aromatic N) is 2. The molecule has 0 bridgehead atoms. The van der Waals surface area contributed by atoms with Crippen LogP contribution in [-0.4, -0.2) is 22.1 Å². The zero-order valence-corrected chi connectivity index (χ0v) is 24.3. The number of para-hydroxylation sites is 1. The van der Waals surface area contributed by atoms with E-state index in [0.717, 1.165) is 33.3 Å². The monoisotopic (exact) mass is 561 g/mol. The van der Waals surface area contributed by atoms with E-state index in [4.69, 9.17) is 9.73 Å². The third-order valence-electron chi connectivity index (χ3n) is 7.52. The number of hydrogen-bond acceptors (Lipinski definition) is 5. The second-order valence-corrected chi connectivity index (χ2v) is 11.5. The Morgan fingerprint density at radius 3 is 2.46 bits per heavy atom. The summed E-state index contributed by atoms with van der Waals surface area (Å²) in [4.78, 5) is 36.3. The minimum Gasteiger partial charge on any atom is -0.463 e. The van der Waals surface area contributed by atoms with E-state index in [1.807, 2.05) is 61.5 Å². The summed E-state index contributed by atoms with van der Waals surface area (Å²) in [6.45, 7) is 8.11. The smallest absolute Gasteiger partial charge is 0.338 e. The van der Waals surface area contributed by atoms with Crippen LogP contribution in [0.2, 0.25) is 0 Å². The Morgan fingerprint density at radius 1 is 1.05 bits per heavy atom. The van der Waals surface area contributed by atoms with E-state index in [0.29, 0.717) is 26.5 Å². The van der Waals surface area contributed by atoms with Crippen LogP contribution in [0.15, 0.2) is 99.9 Å². The normalized spacial score (nSPS) is 15.3. The van der Waals surface area contributed by atoms with Crippen molar-refractivity contribution in [1.29, 1.82) is 0 Å². The van der Waals surface area contributed by atoms with E-state index in [9.17, 15) is 9.59 Å². The summed E-state index contributed by atoms with van der Waals surface area (Å²) < 4.78 is 7.64. The maximum atomic E-state index is 14.2. The minimum atomic E-state index is -0.634. The zero-order chi connectivity index (χ0) is 28.7. The number of ether oxygens (including phenoxy) is 1. The van der Waals surface area contributed by atoms with Crippen LogP contribution in [0.1, 0.15) is 56.3 Å². The standard InChI is InChI=1S/C34H31N3O3S/c1-5-40-33(39)29-21(4)35-34-37(31(29)24-17-15-22(16-18-24)20(2)3)32(38)28(41-34)19-26-25-13-9-10-14-27(25)36-30(26)23-11-7-6-8-12-23/h6-20,31,36H,5H2,1-4H3/b28-19+/t31-/m1/s1. The molecule has 0 spiro atoms. The molecule has 0 fully saturated rings. The topological polar surface area (TPSA) is 76.4 Å². The summed E-state index contributed by atoms with van der Waals surface area (Å²) in [5.74, 6) is -0.0909. The minimum absolute atomic E-state index is 0.190. The van der Waals surface area contributed by atoms with E-state index in [1.165, 1.54) is 16.9 Å². The van der Waals surface area contributed by atoms with E-state index >= 15 is 0 Å². The van der Waals surface area contributed by atoms with Crippen LogP contribution < -0.4 is 14.9 Å². The van der Waals surface area contributed by atoms with E-state index in [2.05, 4.69) is 49.2 Å². The number of aromatic amines is 1. The molecule has 0 amide bonds. The highest BCUT2D eigenvalue weighted by atomic mass is 32.1. The van der Waals surface area contributed by atoms with Gasteiger partial charge in [0.05, 0.1) is 34.1 Å². The van der Waals surface area contributed by atoms with E-state index in [1.54, 1.807) is 11.5 Å². The van der Waals surface area contributed by atoms with E-state index < -0.39 is 12.0 Å². The second kappa shape index (κ2) is 10.8. The van der Waals surface area contributed by atoms with Crippen LogP contribution in [0.3, 0.4) is 0 Å². The molecule has 5 aromatic rings. The van der Waals surface area contributed by atoms with Crippen molar-refractivity contribution >= 4 is 34.3 Å². The number of carbonyl (C=O) groups is 1. The van der Waals surface area contributed by atoms with Crippen molar-refractivity contribution in [2.24, 2.45) is 4.99 Å². The van der Waals surface area contributed by atoms with Gasteiger partial charge in [0, 0.05) is 16.5 Å². The van der Waals surface area contributed by atoms with Gasteiger partial charge in [0.15, 0.2) is 4.80 Å². The first-order valence-electron chi connectivity index (χ1n) is 13.8. The number of thiazole rings is 1. The van der Waals surface area contributed by atoms with Gasteiger partial charge in [-0.1, -0.05) is 98.0 Å². The van der Waals surface area contributed by atoms with Crippen molar-refractivity contribution in [3.63, 3.8) is 0 Å². The van der Waals surface area contributed by atoms with Crippen LogP contribution in [-0.2, 0) is 9.53 Å². The van der Waals surface area contributed by atoms with Crippen LogP contribution in [0.4, 0.5) is 0 Å². The molecule has 7 heteroatoms. The summed E-state index contributed by atoms with van der Waals surface area (Å²) in [5, 5.41) is 1.03. The fraction of sp³-hybridized carbons (Fsp3) is 0.206. The molecule has 0 saturated carbocycles. The lowest BCUT2D eigenvalue weighted by Gasteiger charge is -2.25. The average Bonchev–Trinajstić information content (AvgIpc) is 3.50. The molecular weight excluding hydrogens is 530 g/mol. The summed E-state index contributed by atoms with van der Waals surface area (Å²) in [6, 6.07) is 25.7. The number of rotatable bonds is 6. The van der Waals surface area contributed by atoms with Gasteiger partial charge in [-0.25, -0.2) is 9.79 Å². The largest absolute Gasteiger partial charge is 0.463 e. The van der Waals surface area contributed by atoms with Crippen molar-refractivity contribution in [3.8, 4) is 11.3 Å². The zero-order valence-electron chi connectivity index (χ0n) is 23.5. The first-order valence-corrected chi connectivity index (χ1v) is 14.6. The maximum Gasteiger partial charge on any atom is 0.338 e. The molecule has 1 N–H and O–H groups in total. The highest BCUT2D eigenvalue weighted by Gasteiger charge is 2.33. The number of fused-ring (bicyclic) bond motifs is 2. The van der Waals surface area contributed by atoms with Crippen molar-refractivity contribution in [1.82, 2.24) is 9.55 Å². The third-order valence-corrected chi connectivity index (χ3v) is 8.50. The molecule has 0 radical (unpaired) electrons. The molecule has 2 aromatic heterocycles. The van der Waals surface area contributed by atoms with Crippen LogP contribution in [0, 0.1) is 0 Å². The molecule has 206 valence electrons. The summed E-state index contributed by atoms with van der Waals surface area (Å²) in [5.41, 5.74) is 6.71. The van der Waals surface area contributed by atoms with Gasteiger partial charge in [0.25, 0.3) is 5.56 Å². The van der Waals surface area contributed by atoms with Gasteiger partial charge < -0.3 is 9.72 Å². The molecular formula is C34H31N3O3S. The number of carbonyl (C=O) groups excluding carboxylic acids is 1. The van der Waals surface area contributed by atoms with Crippen molar-refractivity contribution in [3.05, 3.63) is 127 Å². The number of esters is 1. The number of H-pyrrole nitrogens is 1. The highest BCUT2D eigenvalue weighted by Crippen LogP contribution is 2.33. The Kier molecular flexibility index (Phi) is 7.05. The van der Waals surface area contributed by atoms with Crippen molar-refractivity contribution in [2.75, 3.05) is 6.61 Å². The summed E-state index contributed by atoms with van der Waals surface area (Å²) >= 11 is 1.34. The molecule has 1 aliphatic heterocycles. The van der Waals surface area contributed by atoms with Crippen molar-refractivity contribution in [2.45, 2.75) is 39.7 Å². The molecule has 3 heterocycles. The van der Waals surface area contributed by atoms with Crippen LogP contribution in [0.5, 0.6) is 0 Å². The predicted octanol–water partition coefficient (Wildman–Crippen LogP) is 6.07. The average molecular weight is 562 g/mol. The Balaban J connectivity index is 1.59. The van der Waals surface area contributed by atoms with Gasteiger partial charge >= 0.3 is 5.97 Å². The number of nitrogens with one attached hydrogen (secondary N) is 1. The van der Waals surface area contributed by atoms with Gasteiger partial charge in [-0.3, -0.25) is 9.36 Å².